The van der Waals surface area contributed by atoms with Crippen molar-refractivity contribution in [3.8, 4) is 0 Å². The Balaban J connectivity index is 0.000000321. The average Bonchev–Trinajstić information content (AvgIpc) is 2.56. The van der Waals surface area contributed by atoms with Crippen LogP contribution in [0, 0.1) is 6.92 Å². The quantitative estimate of drug-likeness (QED) is 0.339. The first-order valence-electron chi connectivity index (χ1n) is 7.91. The molecule has 0 spiro atoms. The maximum absolute atomic E-state index is 10.7. The zero-order chi connectivity index (χ0) is 20.2. The molecule has 0 amide bonds. The molecule has 3 rings (SSSR count). The Morgan fingerprint density at radius 2 is 0.815 bits per heavy atom. The van der Waals surface area contributed by atoms with Gasteiger partial charge in [-0.1, -0.05) is 54.1 Å². The Morgan fingerprint density at radius 1 is 0.519 bits per heavy atom. The third kappa shape index (κ3) is 8.71. The fraction of sp³-hybridized carbons (Fsp3) is 0.0526. The SMILES string of the molecule is Cc1ccc([NH+](c2ccccc2)c2ccccc2)cc1.F[P-](F)(F)(F)(F)F. The number of para-hydroxylation sites is 2. The minimum absolute atomic E-state index is 1.25. The van der Waals surface area contributed by atoms with Crippen LogP contribution in [0.4, 0.5) is 42.2 Å². The van der Waals surface area contributed by atoms with Crippen molar-refractivity contribution in [3.63, 3.8) is 0 Å². The van der Waals surface area contributed by atoms with E-state index in [0.29, 0.717) is 0 Å². The first-order chi connectivity index (χ1) is 12.3. The van der Waals surface area contributed by atoms with E-state index in [1.807, 2.05) is 0 Å². The molecule has 0 bridgehead atoms. The molecule has 0 atom stereocenters. The number of hydrogen-bond acceptors (Lipinski definition) is 0. The summed E-state index contributed by atoms with van der Waals surface area (Å²) in [6.07, 6.45) is 0. The van der Waals surface area contributed by atoms with Gasteiger partial charge in [0.25, 0.3) is 0 Å². The van der Waals surface area contributed by atoms with E-state index in [4.69, 9.17) is 0 Å². The summed E-state index contributed by atoms with van der Waals surface area (Å²) >= 11 is 0. The van der Waals surface area contributed by atoms with Crippen molar-refractivity contribution in [2.24, 2.45) is 0 Å². The first kappa shape index (κ1) is 20.9. The van der Waals surface area contributed by atoms with Gasteiger partial charge in [-0.3, -0.25) is 0 Å². The number of aryl methyl sites for hydroxylation is 1. The molecule has 1 nitrogen and oxygen atoms in total. The van der Waals surface area contributed by atoms with Gasteiger partial charge in [0.05, 0.1) is 0 Å². The summed E-state index contributed by atoms with van der Waals surface area (Å²) in [6, 6.07) is 29.9. The summed E-state index contributed by atoms with van der Waals surface area (Å²) < 4.78 is 59.2. The molecule has 0 radical (unpaired) electrons. The molecule has 146 valence electrons. The summed E-state index contributed by atoms with van der Waals surface area (Å²) in [5.74, 6) is 0. The van der Waals surface area contributed by atoms with Gasteiger partial charge >= 0.3 is 33.0 Å². The summed E-state index contributed by atoms with van der Waals surface area (Å²) in [7, 11) is -10.7. The fourth-order valence-corrected chi connectivity index (χ4v) is 2.43. The number of benzene rings is 3. The molecule has 0 aliphatic heterocycles. The monoisotopic (exact) mass is 405 g/mol. The molecule has 0 heterocycles. The third-order valence-electron chi connectivity index (χ3n) is 3.47. The van der Waals surface area contributed by atoms with Gasteiger partial charge < -0.3 is 0 Å². The normalized spacial score (nSPS) is 13.9. The zero-order valence-corrected chi connectivity index (χ0v) is 15.2. The molecule has 0 saturated heterocycles. The van der Waals surface area contributed by atoms with Crippen LogP contribution < -0.4 is 4.90 Å². The van der Waals surface area contributed by atoms with E-state index in [0.717, 1.165) is 0 Å². The average molecular weight is 405 g/mol. The molecule has 0 aromatic heterocycles. The van der Waals surface area contributed by atoms with E-state index in [9.17, 15) is 25.2 Å². The van der Waals surface area contributed by atoms with E-state index < -0.39 is 7.81 Å². The van der Waals surface area contributed by atoms with Gasteiger partial charge in [-0.05, 0) is 31.2 Å². The standard InChI is InChI=1S/C19H17N.F6P/c1-16-12-14-19(15-13-16)20(17-8-4-2-5-9-17)18-10-6-3-7-11-18;1-7(2,3,4,5)6/h2-15H,1H3;/q;-1/p+1. The first-order valence-corrected chi connectivity index (χ1v) is 9.94. The molecule has 0 unspecified atom stereocenters. The van der Waals surface area contributed by atoms with Crippen LogP contribution in [-0.4, -0.2) is 0 Å². The van der Waals surface area contributed by atoms with Crippen LogP contribution in [0.2, 0.25) is 0 Å². The zero-order valence-electron chi connectivity index (χ0n) is 14.3. The van der Waals surface area contributed by atoms with Crippen LogP contribution in [0.15, 0.2) is 84.9 Å². The van der Waals surface area contributed by atoms with Gasteiger partial charge in [-0.15, -0.1) is 0 Å². The van der Waals surface area contributed by atoms with Crippen molar-refractivity contribution >= 4 is 24.9 Å². The van der Waals surface area contributed by atoms with Gasteiger partial charge in [0.2, 0.25) is 0 Å². The van der Waals surface area contributed by atoms with Gasteiger partial charge in [0.15, 0.2) is 0 Å². The van der Waals surface area contributed by atoms with E-state index in [-0.39, 0.29) is 0 Å². The van der Waals surface area contributed by atoms with Crippen LogP contribution in [0.5, 0.6) is 0 Å². The van der Waals surface area contributed by atoms with E-state index in [2.05, 4.69) is 91.9 Å². The number of quaternary nitrogens is 1. The van der Waals surface area contributed by atoms with Crippen molar-refractivity contribution in [1.82, 2.24) is 0 Å². The molecule has 27 heavy (non-hydrogen) atoms. The fourth-order valence-electron chi connectivity index (χ4n) is 2.43. The summed E-state index contributed by atoms with van der Waals surface area (Å²) in [4.78, 5) is 1.28. The van der Waals surface area contributed by atoms with Crippen LogP contribution >= 0.6 is 7.81 Å². The molecule has 8 heteroatoms. The number of hydrogen-bond donors (Lipinski definition) is 1. The molecule has 0 aliphatic carbocycles. The Labute approximate surface area is 153 Å². The number of rotatable bonds is 3. The molecule has 3 aromatic rings. The van der Waals surface area contributed by atoms with Crippen molar-refractivity contribution in [2.45, 2.75) is 6.92 Å². The minimum atomic E-state index is -10.7. The Kier molecular flexibility index (Phi) is 5.41. The second-order valence-electron chi connectivity index (χ2n) is 5.93. The third-order valence-corrected chi connectivity index (χ3v) is 3.47. The molecular weight excluding hydrogens is 387 g/mol. The number of nitrogens with one attached hydrogen (secondary N) is 1. The van der Waals surface area contributed by atoms with E-state index >= 15 is 0 Å². The molecule has 0 fully saturated rings. The molecular formula is C19H18F6NP. The summed E-state index contributed by atoms with van der Waals surface area (Å²) in [5.41, 5.74) is 5.05. The Bertz CT molecular complexity index is 812. The van der Waals surface area contributed by atoms with Gasteiger partial charge in [0, 0.05) is 12.1 Å². The van der Waals surface area contributed by atoms with Crippen molar-refractivity contribution < 1.29 is 30.1 Å². The second kappa shape index (κ2) is 6.98. The van der Waals surface area contributed by atoms with E-state index in [1.54, 1.807) is 0 Å². The van der Waals surface area contributed by atoms with Gasteiger partial charge in [-0.2, -0.15) is 0 Å². The van der Waals surface area contributed by atoms with Gasteiger partial charge in [0.1, 0.15) is 17.1 Å². The molecule has 0 aliphatic rings. The van der Waals surface area contributed by atoms with Gasteiger partial charge in [-0.25, -0.2) is 4.90 Å². The maximum atomic E-state index is 9.87. The molecule has 1 N–H and O–H groups in total. The predicted octanol–water partition coefficient (Wildman–Crippen LogP) is 7.56. The topological polar surface area (TPSA) is 4.44 Å². The van der Waals surface area contributed by atoms with Crippen LogP contribution in [0.3, 0.4) is 0 Å². The van der Waals surface area contributed by atoms with Crippen molar-refractivity contribution in [1.29, 1.82) is 0 Å². The van der Waals surface area contributed by atoms with E-state index in [1.165, 1.54) is 27.5 Å². The van der Waals surface area contributed by atoms with Crippen LogP contribution in [0.25, 0.3) is 0 Å². The van der Waals surface area contributed by atoms with Crippen molar-refractivity contribution in [3.05, 3.63) is 90.5 Å². The Hall–Kier alpha value is -2.37. The van der Waals surface area contributed by atoms with Crippen molar-refractivity contribution in [2.75, 3.05) is 0 Å². The second-order valence-corrected chi connectivity index (χ2v) is 7.85. The molecule has 3 aromatic carbocycles. The number of halogens is 6. The van der Waals surface area contributed by atoms with Crippen LogP contribution in [0.1, 0.15) is 5.56 Å². The summed E-state index contributed by atoms with van der Waals surface area (Å²) in [5, 5.41) is 0. The predicted molar refractivity (Wildman–Crippen MR) is 97.6 cm³/mol. The summed E-state index contributed by atoms with van der Waals surface area (Å²) in [6.45, 7) is 2.12. The van der Waals surface area contributed by atoms with Crippen LogP contribution in [-0.2, 0) is 0 Å². The molecule has 0 saturated carbocycles. The Morgan fingerprint density at radius 3 is 1.15 bits per heavy atom.